The molecule has 1 amide bonds. The summed E-state index contributed by atoms with van der Waals surface area (Å²) in [4.78, 5) is 22.6. The molecule has 0 fully saturated rings. The van der Waals surface area contributed by atoms with E-state index < -0.39 is 17.2 Å². The van der Waals surface area contributed by atoms with E-state index in [1.165, 1.54) is 0 Å². The van der Waals surface area contributed by atoms with Crippen molar-refractivity contribution in [1.29, 1.82) is 0 Å². The summed E-state index contributed by atoms with van der Waals surface area (Å²) in [6, 6.07) is 0. The summed E-state index contributed by atoms with van der Waals surface area (Å²) in [5, 5.41) is 2.63. The molecular weight excluding hydrogens is 218 g/mol. The van der Waals surface area contributed by atoms with Gasteiger partial charge in [0.1, 0.15) is 11.9 Å². The van der Waals surface area contributed by atoms with E-state index in [9.17, 15) is 9.59 Å². The van der Waals surface area contributed by atoms with Crippen LogP contribution in [0.1, 0.15) is 60.3 Å². The molecule has 0 heterocycles. The predicted molar refractivity (Wildman–Crippen MR) is 68.0 cm³/mol. The zero-order valence-corrected chi connectivity index (χ0v) is 11.6. The SMILES string of the molecule is CCCCCC(C)(C=O)NC(=O)OC(C)(C)C. The van der Waals surface area contributed by atoms with Gasteiger partial charge >= 0.3 is 6.09 Å². The number of carbonyl (C=O) groups is 2. The van der Waals surface area contributed by atoms with Gasteiger partial charge < -0.3 is 14.8 Å². The summed E-state index contributed by atoms with van der Waals surface area (Å²) in [5.41, 5.74) is -1.37. The first-order chi connectivity index (χ1) is 7.72. The van der Waals surface area contributed by atoms with Crippen LogP contribution in [-0.4, -0.2) is 23.5 Å². The second-order valence-electron chi connectivity index (χ2n) is 5.62. The molecule has 1 unspecified atom stereocenters. The molecule has 0 saturated heterocycles. The van der Waals surface area contributed by atoms with Crippen LogP contribution in [0.5, 0.6) is 0 Å². The highest BCUT2D eigenvalue weighted by molar-refractivity contribution is 5.76. The molecule has 0 spiro atoms. The fourth-order valence-corrected chi connectivity index (χ4v) is 1.43. The molecule has 1 atom stereocenters. The molecule has 0 saturated carbocycles. The maximum atomic E-state index is 11.6. The monoisotopic (exact) mass is 243 g/mol. The molecule has 17 heavy (non-hydrogen) atoms. The van der Waals surface area contributed by atoms with Crippen LogP contribution in [0.15, 0.2) is 0 Å². The number of rotatable bonds is 6. The molecule has 4 heteroatoms. The van der Waals surface area contributed by atoms with E-state index in [0.717, 1.165) is 25.5 Å². The number of carbonyl (C=O) groups excluding carboxylic acids is 2. The molecule has 0 aliphatic heterocycles. The number of aldehydes is 1. The maximum Gasteiger partial charge on any atom is 0.408 e. The minimum absolute atomic E-state index is 0.538. The Balaban J connectivity index is 4.27. The fraction of sp³-hybridized carbons (Fsp3) is 0.846. The van der Waals surface area contributed by atoms with Gasteiger partial charge in [-0.1, -0.05) is 26.2 Å². The average molecular weight is 243 g/mol. The standard InChI is InChI=1S/C13H25NO3/c1-6-7-8-9-13(5,10-15)14-11(16)17-12(2,3)4/h10H,6-9H2,1-5H3,(H,14,16). The quantitative estimate of drug-likeness (QED) is 0.576. The summed E-state index contributed by atoms with van der Waals surface area (Å²) in [6.45, 7) is 9.20. The zero-order valence-electron chi connectivity index (χ0n) is 11.6. The normalized spacial score (nSPS) is 14.9. The Labute approximate surface area is 104 Å². The van der Waals surface area contributed by atoms with E-state index in [1.807, 2.05) is 0 Å². The Kier molecular flexibility index (Phi) is 6.21. The van der Waals surface area contributed by atoms with Crippen LogP contribution in [0.2, 0.25) is 0 Å². The number of unbranched alkanes of at least 4 members (excludes halogenated alkanes) is 2. The average Bonchev–Trinajstić information content (AvgIpc) is 2.15. The van der Waals surface area contributed by atoms with Crippen molar-refractivity contribution < 1.29 is 14.3 Å². The highest BCUT2D eigenvalue weighted by atomic mass is 16.6. The number of ether oxygens (including phenoxy) is 1. The van der Waals surface area contributed by atoms with Gasteiger partial charge in [0.05, 0.1) is 5.54 Å². The minimum Gasteiger partial charge on any atom is -0.444 e. The van der Waals surface area contributed by atoms with Crippen LogP contribution in [0.3, 0.4) is 0 Å². The third-order valence-corrected chi connectivity index (χ3v) is 2.35. The molecule has 0 aromatic carbocycles. The van der Waals surface area contributed by atoms with Crippen LogP contribution in [0.4, 0.5) is 4.79 Å². The number of hydrogen-bond acceptors (Lipinski definition) is 3. The lowest BCUT2D eigenvalue weighted by Crippen LogP contribution is -2.49. The molecule has 0 radical (unpaired) electrons. The number of hydrogen-bond donors (Lipinski definition) is 1. The van der Waals surface area contributed by atoms with Crippen LogP contribution in [0.25, 0.3) is 0 Å². The van der Waals surface area contributed by atoms with Crippen molar-refractivity contribution >= 4 is 12.4 Å². The second kappa shape index (κ2) is 6.62. The van der Waals surface area contributed by atoms with Gasteiger partial charge in [-0.3, -0.25) is 0 Å². The Morgan fingerprint density at radius 2 is 1.82 bits per heavy atom. The first-order valence-corrected chi connectivity index (χ1v) is 6.20. The van der Waals surface area contributed by atoms with Crippen molar-refractivity contribution in [3.63, 3.8) is 0 Å². The molecule has 0 rings (SSSR count). The molecule has 0 bridgehead atoms. The van der Waals surface area contributed by atoms with E-state index in [4.69, 9.17) is 4.74 Å². The van der Waals surface area contributed by atoms with E-state index in [-0.39, 0.29) is 0 Å². The van der Waals surface area contributed by atoms with E-state index in [0.29, 0.717) is 6.42 Å². The first kappa shape index (κ1) is 15.9. The smallest absolute Gasteiger partial charge is 0.408 e. The highest BCUT2D eigenvalue weighted by Gasteiger charge is 2.27. The van der Waals surface area contributed by atoms with Crippen LogP contribution in [-0.2, 0) is 9.53 Å². The lowest BCUT2D eigenvalue weighted by molar-refractivity contribution is -0.113. The van der Waals surface area contributed by atoms with Crippen molar-refractivity contribution in [1.82, 2.24) is 5.32 Å². The number of nitrogens with one attached hydrogen (secondary N) is 1. The summed E-state index contributed by atoms with van der Waals surface area (Å²) in [6.07, 6.45) is 3.95. The van der Waals surface area contributed by atoms with Gasteiger partial charge in [-0.05, 0) is 34.1 Å². The van der Waals surface area contributed by atoms with Crippen molar-refractivity contribution in [3.8, 4) is 0 Å². The Morgan fingerprint density at radius 1 is 1.24 bits per heavy atom. The molecule has 0 aromatic rings. The van der Waals surface area contributed by atoms with E-state index >= 15 is 0 Å². The molecule has 0 aliphatic carbocycles. The van der Waals surface area contributed by atoms with Gasteiger partial charge in [0.25, 0.3) is 0 Å². The number of alkyl carbamates (subject to hydrolysis) is 1. The van der Waals surface area contributed by atoms with Gasteiger partial charge in [0, 0.05) is 0 Å². The summed E-state index contributed by atoms with van der Waals surface area (Å²) in [7, 11) is 0. The van der Waals surface area contributed by atoms with Crippen LogP contribution >= 0.6 is 0 Å². The van der Waals surface area contributed by atoms with Crippen molar-refractivity contribution in [3.05, 3.63) is 0 Å². The van der Waals surface area contributed by atoms with Crippen molar-refractivity contribution in [2.45, 2.75) is 71.4 Å². The van der Waals surface area contributed by atoms with Gasteiger partial charge in [-0.25, -0.2) is 4.79 Å². The lowest BCUT2D eigenvalue weighted by atomic mass is 9.96. The maximum absolute atomic E-state index is 11.6. The number of amides is 1. The molecule has 100 valence electrons. The fourth-order valence-electron chi connectivity index (χ4n) is 1.43. The Bertz CT molecular complexity index is 258. The van der Waals surface area contributed by atoms with Crippen LogP contribution < -0.4 is 5.32 Å². The third kappa shape index (κ3) is 7.77. The summed E-state index contributed by atoms with van der Waals surface area (Å²) in [5.74, 6) is 0. The summed E-state index contributed by atoms with van der Waals surface area (Å²) < 4.78 is 5.13. The van der Waals surface area contributed by atoms with Crippen molar-refractivity contribution in [2.75, 3.05) is 0 Å². The highest BCUT2D eigenvalue weighted by Crippen LogP contribution is 2.14. The molecule has 0 aliphatic rings. The van der Waals surface area contributed by atoms with Gasteiger partial charge in [0.2, 0.25) is 0 Å². The second-order valence-corrected chi connectivity index (χ2v) is 5.62. The topological polar surface area (TPSA) is 55.4 Å². The molecular formula is C13H25NO3. The van der Waals surface area contributed by atoms with Crippen molar-refractivity contribution in [2.24, 2.45) is 0 Å². The molecule has 4 nitrogen and oxygen atoms in total. The summed E-state index contributed by atoms with van der Waals surface area (Å²) >= 11 is 0. The van der Waals surface area contributed by atoms with Crippen LogP contribution in [0, 0.1) is 0 Å². The van der Waals surface area contributed by atoms with Gasteiger partial charge in [-0.2, -0.15) is 0 Å². The Morgan fingerprint density at radius 3 is 2.24 bits per heavy atom. The molecule has 1 N–H and O–H groups in total. The third-order valence-electron chi connectivity index (χ3n) is 2.35. The zero-order chi connectivity index (χ0) is 13.5. The van der Waals surface area contributed by atoms with E-state index in [1.54, 1.807) is 27.7 Å². The molecule has 0 aromatic heterocycles. The lowest BCUT2D eigenvalue weighted by Gasteiger charge is -2.27. The van der Waals surface area contributed by atoms with E-state index in [2.05, 4.69) is 12.2 Å². The van der Waals surface area contributed by atoms with Gasteiger partial charge in [0.15, 0.2) is 0 Å². The first-order valence-electron chi connectivity index (χ1n) is 6.20. The Hall–Kier alpha value is -1.06. The largest absolute Gasteiger partial charge is 0.444 e. The minimum atomic E-state index is -0.822. The van der Waals surface area contributed by atoms with Gasteiger partial charge in [-0.15, -0.1) is 0 Å². The predicted octanol–water partition coefficient (Wildman–Crippen LogP) is 3.05.